The maximum atomic E-state index is 5.18. The van der Waals surface area contributed by atoms with E-state index in [-0.39, 0.29) is 0 Å². The fourth-order valence-corrected chi connectivity index (χ4v) is 7.71. The molecule has 0 amide bonds. The minimum Gasteiger partial charge on any atom is -0.306 e. The number of para-hydroxylation sites is 3. The van der Waals surface area contributed by atoms with Crippen molar-refractivity contribution in [1.29, 1.82) is 0 Å². The summed E-state index contributed by atoms with van der Waals surface area (Å²) < 4.78 is 2.33. The van der Waals surface area contributed by atoms with Crippen LogP contribution in [0.15, 0.2) is 176 Å². The van der Waals surface area contributed by atoms with E-state index < -0.39 is 0 Å². The molecule has 1 aliphatic rings. The second kappa shape index (κ2) is 10.5. The van der Waals surface area contributed by atoms with E-state index in [1.165, 1.54) is 43.8 Å². The van der Waals surface area contributed by atoms with Crippen LogP contribution in [0.25, 0.3) is 71.9 Å². The molecule has 1 aliphatic heterocycles. The molecule has 0 atom stereocenters. The van der Waals surface area contributed by atoms with Crippen molar-refractivity contribution in [2.24, 2.45) is 0 Å². The fraction of sp³-hybridized carbons (Fsp3) is 0. The van der Waals surface area contributed by atoms with Gasteiger partial charge < -0.3 is 4.90 Å². The van der Waals surface area contributed by atoms with E-state index in [9.17, 15) is 0 Å². The third kappa shape index (κ3) is 3.91. The maximum absolute atomic E-state index is 5.18. The number of fused-ring (bicyclic) bond motifs is 4. The molecule has 1 aromatic heterocycles. The molecule has 0 N–H and O–H groups in total. The summed E-state index contributed by atoms with van der Waals surface area (Å²) in [5.74, 6) is 0.954. The van der Waals surface area contributed by atoms with Gasteiger partial charge in [0.25, 0.3) is 0 Å². The first-order chi connectivity index (χ1) is 23.8. The summed E-state index contributed by atoms with van der Waals surface area (Å²) in [6.45, 7) is 0. The van der Waals surface area contributed by atoms with Crippen molar-refractivity contribution >= 4 is 49.6 Å². The summed E-state index contributed by atoms with van der Waals surface area (Å²) in [7, 11) is 0. The Labute approximate surface area is 278 Å². The van der Waals surface area contributed by atoms with Crippen molar-refractivity contribution in [3.8, 4) is 39.3 Å². The standard InChI is InChI=1S/C45H29N3/c1-3-15-30(16-4-1)42-34-21-7-9-23-36(34)43(37-24-10-8-22-35(37)42)32-19-13-20-33(29-32)47-39-26-11-12-27-40(39)48-44-38(25-14-28-41(44)47)46-45(48)31-17-5-2-6-18-31/h1-29H. The Morgan fingerprint density at radius 2 is 0.875 bits per heavy atom. The van der Waals surface area contributed by atoms with Gasteiger partial charge in [-0.25, -0.2) is 4.98 Å². The van der Waals surface area contributed by atoms with E-state index >= 15 is 0 Å². The molecule has 3 nitrogen and oxygen atoms in total. The highest BCUT2D eigenvalue weighted by Gasteiger charge is 2.29. The molecule has 8 aromatic carbocycles. The van der Waals surface area contributed by atoms with Crippen LogP contribution in [0, 0.1) is 0 Å². The Morgan fingerprint density at radius 3 is 1.54 bits per heavy atom. The predicted octanol–water partition coefficient (Wildman–Crippen LogP) is 12.1. The predicted molar refractivity (Wildman–Crippen MR) is 201 cm³/mol. The lowest BCUT2D eigenvalue weighted by molar-refractivity contribution is 1.06. The van der Waals surface area contributed by atoms with E-state index in [0.717, 1.165) is 45.2 Å². The molecule has 0 saturated heterocycles. The smallest absolute Gasteiger partial charge is 0.145 e. The summed E-state index contributed by atoms with van der Waals surface area (Å²) in [5, 5.41) is 5.01. The minimum atomic E-state index is 0.954. The molecule has 10 rings (SSSR count). The number of nitrogens with zero attached hydrogens (tertiary/aromatic N) is 3. The number of imidazole rings is 1. The average Bonchev–Trinajstić information content (AvgIpc) is 3.56. The van der Waals surface area contributed by atoms with Gasteiger partial charge in [0.2, 0.25) is 0 Å². The summed E-state index contributed by atoms with van der Waals surface area (Å²) in [6, 6.07) is 63.2. The molecule has 0 aliphatic carbocycles. The van der Waals surface area contributed by atoms with E-state index in [0.29, 0.717) is 0 Å². The highest BCUT2D eigenvalue weighted by molar-refractivity contribution is 6.21. The number of anilines is 3. The van der Waals surface area contributed by atoms with Gasteiger partial charge in [-0.3, -0.25) is 4.57 Å². The summed E-state index contributed by atoms with van der Waals surface area (Å²) >= 11 is 0. The average molecular weight is 612 g/mol. The number of hydrogen-bond acceptors (Lipinski definition) is 2. The number of hydrogen-bond donors (Lipinski definition) is 0. The number of rotatable bonds is 4. The Morgan fingerprint density at radius 1 is 0.375 bits per heavy atom. The second-order valence-electron chi connectivity index (χ2n) is 12.4. The highest BCUT2D eigenvalue weighted by Crippen LogP contribution is 2.50. The van der Waals surface area contributed by atoms with Gasteiger partial charge >= 0.3 is 0 Å². The zero-order valence-corrected chi connectivity index (χ0v) is 26.1. The third-order valence-corrected chi connectivity index (χ3v) is 9.68. The second-order valence-corrected chi connectivity index (χ2v) is 12.4. The SMILES string of the molecule is c1ccc(-c2c3ccccc3c(-c3cccc(N4c5ccccc5-n5c(-c6ccccc6)nc6cccc4c65)c3)c3ccccc23)cc1. The van der Waals surface area contributed by atoms with E-state index in [4.69, 9.17) is 4.98 Å². The number of aromatic nitrogens is 2. The number of benzene rings is 8. The topological polar surface area (TPSA) is 21.1 Å². The first kappa shape index (κ1) is 26.7. The molecule has 0 radical (unpaired) electrons. The lowest BCUT2D eigenvalue weighted by Crippen LogP contribution is -2.18. The van der Waals surface area contributed by atoms with Gasteiger partial charge in [0.05, 0.1) is 28.1 Å². The van der Waals surface area contributed by atoms with Crippen molar-refractivity contribution in [2.75, 3.05) is 4.90 Å². The molecular weight excluding hydrogens is 583 g/mol. The van der Waals surface area contributed by atoms with Gasteiger partial charge in [0.1, 0.15) is 5.82 Å². The normalized spacial score (nSPS) is 12.1. The fourth-order valence-electron chi connectivity index (χ4n) is 7.71. The van der Waals surface area contributed by atoms with Crippen molar-refractivity contribution in [3.05, 3.63) is 176 Å². The monoisotopic (exact) mass is 611 g/mol. The van der Waals surface area contributed by atoms with Crippen LogP contribution in [0.1, 0.15) is 0 Å². The molecule has 0 bridgehead atoms. The van der Waals surface area contributed by atoms with Crippen LogP contribution in [0.2, 0.25) is 0 Å². The van der Waals surface area contributed by atoms with Gasteiger partial charge in [-0.05, 0) is 80.2 Å². The van der Waals surface area contributed by atoms with Crippen LogP contribution in [-0.4, -0.2) is 9.55 Å². The molecule has 2 heterocycles. The van der Waals surface area contributed by atoms with Gasteiger partial charge in [-0.1, -0.05) is 140 Å². The van der Waals surface area contributed by atoms with E-state index in [2.05, 4.69) is 185 Å². The Kier molecular flexibility index (Phi) is 5.87. The summed E-state index contributed by atoms with van der Waals surface area (Å²) in [6.07, 6.45) is 0. The minimum absolute atomic E-state index is 0.954. The van der Waals surface area contributed by atoms with Crippen molar-refractivity contribution in [3.63, 3.8) is 0 Å². The maximum Gasteiger partial charge on any atom is 0.145 e. The Balaban J connectivity index is 1.23. The van der Waals surface area contributed by atoms with Crippen LogP contribution in [0.3, 0.4) is 0 Å². The summed E-state index contributed by atoms with van der Waals surface area (Å²) in [5.41, 5.74) is 12.6. The molecular formula is C45H29N3. The van der Waals surface area contributed by atoms with Crippen molar-refractivity contribution in [1.82, 2.24) is 9.55 Å². The molecule has 9 aromatic rings. The zero-order valence-electron chi connectivity index (χ0n) is 26.1. The van der Waals surface area contributed by atoms with Gasteiger partial charge in [0, 0.05) is 11.3 Å². The molecule has 0 fully saturated rings. The molecule has 0 spiro atoms. The van der Waals surface area contributed by atoms with Crippen LogP contribution in [-0.2, 0) is 0 Å². The van der Waals surface area contributed by atoms with Crippen molar-refractivity contribution < 1.29 is 0 Å². The van der Waals surface area contributed by atoms with E-state index in [1.54, 1.807) is 0 Å². The van der Waals surface area contributed by atoms with Gasteiger partial charge in [-0.2, -0.15) is 0 Å². The largest absolute Gasteiger partial charge is 0.306 e. The zero-order chi connectivity index (χ0) is 31.6. The van der Waals surface area contributed by atoms with Gasteiger partial charge in [0.15, 0.2) is 0 Å². The Hall–Kier alpha value is -6.45. The van der Waals surface area contributed by atoms with Crippen molar-refractivity contribution in [2.45, 2.75) is 0 Å². The van der Waals surface area contributed by atoms with E-state index in [1.807, 2.05) is 0 Å². The molecule has 0 unspecified atom stereocenters. The van der Waals surface area contributed by atoms with Crippen LogP contribution in [0.4, 0.5) is 17.1 Å². The quantitative estimate of drug-likeness (QED) is 0.185. The highest BCUT2D eigenvalue weighted by atomic mass is 15.2. The van der Waals surface area contributed by atoms with Crippen LogP contribution >= 0.6 is 0 Å². The molecule has 3 heteroatoms. The molecule has 0 saturated carbocycles. The van der Waals surface area contributed by atoms with Crippen LogP contribution < -0.4 is 4.90 Å². The first-order valence-electron chi connectivity index (χ1n) is 16.4. The summed E-state index contributed by atoms with van der Waals surface area (Å²) in [4.78, 5) is 7.59. The van der Waals surface area contributed by atoms with Gasteiger partial charge in [-0.15, -0.1) is 0 Å². The van der Waals surface area contributed by atoms with Crippen LogP contribution in [0.5, 0.6) is 0 Å². The molecule has 224 valence electrons. The lowest BCUT2D eigenvalue weighted by atomic mass is 9.86. The molecule has 48 heavy (non-hydrogen) atoms. The Bertz CT molecular complexity index is 2610. The first-order valence-corrected chi connectivity index (χ1v) is 16.4. The third-order valence-electron chi connectivity index (χ3n) is 9.68. The lowest BCUT2D eigenvalue weighted by Gasteiger charge is -2.33.